The summed E-state index contributed by atoms with van der Waals surface area (Å²) in [7, 11) is 2.19. The quantitative estimate of drug-likeness (QED) is 0.937. The third kappa shape index (κ3) is 3.20. The third-order valence-electron chi connectivity index (χ3n) is 3.79. The van der Waals surface area contributed by atoms with Gasteiger partial charge in [0, 0.05) is 25.3 Å². The van der Waals surface area contributed by atoms with Gasteiger partial charge in [-0.2, -0.15) is 5.10 Å². The first-order chi connectivity index (χ1) is 9.34. The Labute approximate surface area is 126 Å². The molecule has 0 spiro atoms. The van der Waals surface area contributed by atoms with Crippen molar-refractivity contribution in [3.63, 3.8) is 0 Å². The molecule has 0 amide bonds. The Bertz CT molecular complexity index is 520. The first kappa shape index (κ1) is 15.0. The van der Waals surface area contributed by atoms with E-state index >= 15 is 0 Å². The fraction of sp³-hybridized carbons (Fsp3) is 0.400. The van der Waals surface area contributed by atoms with Crippen LogP contribution in [0.3, 0.4) is 0 Å². The van der Waals surface area contributed by atoms with Crippen LogP contribution in [0.1, 0.15) is 12.1 Å². The highest BCUT2D eigenvalue weighted by molar-refractivity contribution is 5.85. The molecule has 1 aliphatic rings. The van der Waals surface area contributed by atoms with Crippen molar-refractivity contribution in [3.05, 3.63) is 48.3 Å². The highest BCUT2D eigenvalue weighted by Crippen LogP contribution is 2.14. The van der Waals surface area contributed by atoms with E-state index in [0.29, 0.717) is 6.04 Å². The monoisotopic (exact) mass is 292 g/mol. The molecule has 1 fully saturated rings. The Morgan fingerprint density at radius 2 is 2.10 bits per heavy atom. The summed E-state index contributed by atoms with van der Waals surface area (Å²) in [4.78, 5) is 2.41. The molecule has 1 aromatic carbocycles. The van der Waals surface area contributed by atoms with Crippen molar-refractivity contribution in [2.75, 3.05) is 20.1 Å². The molecule has 2 heterocycles. The summed E-state index contributed by atoms with van der Waals surface area (Å²) >= 11 is 0. The standard InChI is InChI=1S/C15H20N4.ClH/c1-18(14-7-9-16-11-14)12-15-8-10-17-19(15)13-5-3-2-4-6-13;/h2-6,8,10,14,16H,7,9,11-12H2,1H3;1H. The second-order valence-electron chi connectivity index (χ2n) is 5.13. The zero-order chi connectivity index (χ0) is 13.1. The molecular weight excluding hydrogens is 272 g/mol. The van der Waals surface area contributed by atoms with E-state index in [1.807, 2.05) is 29.1 Å². The van der Waals surface area contributed by atoms with Crippen LogP contribution < -0.4 is 5.32 Å². The molecule has 1 aromatic heterocycles. The van der Waals surface area contributed by atoms with Crippen molar-refractivity contribution in [2.24, 2.45) is 0 Å². The minimum absolute atomic E-state index is 0. The van der Waals surface area contributed by atoms with Gasteiger partial charge in [-0.05, 0) is 38.2 Å². The molecule has 1 aliphatic heterocycles. The molecule has 0 saturated carbocycles. The topological polar surface area (TPSA) is 33.1 Å². The number of nitrogens with zero attached hydrogens (tertiary/aromatic N) is 3. The fourth-order valence-corrected chi connectivity index (χ4v) is 2.65. The molecule has 5 heteroatoms. The second kappa shape index (κ2) is 6.88. The highest BCUT2D eigenvalue weighted by atomic mass is 35.5. The average molecular weight is 293 g/mol. The van der Waals surface area contributed by atoms with Crippen LogP contribution in [-0.4, -0.2) is 40.9 Å². The van der Waals surface area contributed by atoms with Crippen LogP contribution in [0.5, 0.6) is 0 Å². The van der Waals surface area contributed by atoms with Gasteiger partial charge in [-0.25, -0.2) is 4.68 Å². The van der Waals surface area contributed by atoms with E-state index in [2.05, 4.69) is 40.6 Å². The number of hydrogen-bond acceptors (Lipinski definition) is 3. The first-order valence-electron chi connectivity index (χ1n) is 6.84. The van der Waals surface area contributed by atoms with Gasteiger partial charge in [0.15, 0.2) is 0 Å². The Hall–Kier alpha value is -1.36. The van der Waals surface area contributed by atoms with E-state index in [1.54, 1.807) is 0 Å². The van der Waals surface area contributed by atoms with Gasteiger partial charge < -0.3 is 5.32 Å². The minimum atomic E-state index is 0. The van der Waals surface area contributed by atoms with Crippen molar-refractivity contribution < 1.29 is 0 Å². The number of halogens is 1. The van der Waals surface area contributed by atoms with Crippen LogP contribution in [0.25, 0.3) is 5.69 Å². The van der Waals surface area contributed by atoms with Gasteiger partial charge in [0.25, 0.3) is 0 Å². The molecule has 3 rings (SSSR count). The molecule has 1 saturated heterocycles. The second-order valence-corrected chi connectivity index (χ2v) is 5.13. The largest absolute Gasteiger partial charge is 0.315 e. The van der Waals surface area contributed by atoms with Gasteiger partial charge in [-0.1, -0.05) is 18.2 Å². The lowest BCUT2D eigenvalue weighted by Gasteiger charge is -2.23. The zero-order valence-electron chi connectivity index (χ0n) is 11.7. The lowest BCUT2D eigenvalue weighted by atomic mass is 10.2. The number of aromatic nitrogens is 2. The fourth-order valence-electron chi connectivity index (χ4n) is 2.65. The molecular formula is C15H21ClN4. The molecule has 20 heavy (non-hydrogen) atoms. The summed E-state index contributed by atoms with van der Waals surface area (Å²) < 4.78 is 2.03. The molecule has 2 aromatic rings. The molecule has 4 nitrogen and oxygen atoms in total. The summed E-state index contributed by atoms with van der Waals surface area (Å²) in [5.74, 6) is 0. The van der Waals surface area contributed by atoms with Gasteiger partial charge in [-0.15, -0.1) is 12.4 Å². The van der Waals surface area contributed by atoms with Gasteiger partial charge in [-0.3, -0.25) is 4.90 Å². The van der Waals surface area contributed by atoms with E-state index in [4.69, 9.17) is 0 Å². The van der Waals surface area contributed by atoms with Crippen LogP contribution in [0.2, 0.25) is 0 Å². The summed E-state index contributed by atoms with van der Waals surface area (Å²) in [6.45, 7) is 3.16. The minimum Gasteiger partial charge on any atom is -0.315 e. The van der Waals surface area contributed by atoms with Gasteiger partial charge in [0.05, 0.1) is 11.4 Å². The van der Waals surface area contributed by atoms with E-state index in [1.165, 1.54) is 12.1 Å². The van der Waals surface area contributed by atoms with Crippen LogP contribution in [0, 0.1) is 0 Å². The summed E-state index contributed by atoms with van der Waals surface area (Å²) in [6.07, 6.45) is 3.11. The Morgan fingerprint density at radius 3 is 2.80 bits per heavy atom. The number of likely N-dealkylation sites (N-methyl/N-ethyl adjacent to an activating group) is 1. The van der Waals surface area contributed by atoms with Crippen molar-refractivity contribution in [2.45, 2.75) is 19.0 Å². The number of benzene rings is 1. The maximum atomic E-state index is 4.44. The van der Waals surface area contributed by atoms with Gasteiger partial charge in [0.2, 0.25) is 0 Å². The Balaban J connectivity index is 0.00000147. The number of hydrogen-bond donors (Lipinski definition) is 1. The third-order valence-corrected chi connectivity index (χ3v) is 3.79. The van der Waals surface area contributed by atoms with E-state index in [9.17, 15) is 0 Å². The molecule has 108 valence electrons. The van der Waals surface area contributed by atoms with E-state index in [-0.39, 0.29) is 12.4 Å². The van der Waals surface area contributed by atoms with Crippen molar-refractivity contribution in [1.29, 1.82) is 0 Å². The highest BCUT2D eigenvalue weighted by Gasteiger charge is 2.20. The predicted molar refractivity (Wildman–Crippen MR) is 83.6 cm³/mol. The first-order valence-corrected chi connectivity index (χ1v) is 6.84. The average Bonchev–Trinajstić information content (AvgIpc) is 3.11. The van der Waals surface area contributed by atoms with Gasteiger partial charge >= 0.3 is 0 Å². The molecule has 0 bridgehead atoms. The molecule has 1 atom stereocenters. The molecule has 1 N–H and O–H groups in total. The number of rotatable bonds is 4. The van der Waals surface area contributed by atoms with Crippen LogP contribution >= 0.6 is 12.4 Å². The van der Waals surface area contributed by atoms with Crippen LogP contribution in [0.15, 0.2) is 42.6 Å². The number of para-hydroxylation sites is 1. The van der Waals surface area contributed by atoms with Crippen LogP contribution in [0.4, 0.5) is 0 Å². The Morgan fingerprint density at radius 1 is 1.30 bits per heavy atom. The smallest absolute Gasteiger partial charge is 0.0649 e. The summed E-state index contributed by atoms with van der Waals surface area (Å²) in [5, 5.41) is 7.86. The van der Waals surface area contributed by atoms with Crippen LogP contribution in [-0.2, 0) is 6.54 Å². The van der Waals surface area contributed by atoms with Crippen molar-refractivity contribution in [1.82, 2.24) is 20.0 Å². The normalized spacial score (nSPS) is 18.2. The van der Waals surface area contributed by atoms with E-state index < -0.39 is 0 Å². The molecule has 1 unspecified atom stereocenters. The molecule has 0 aliphatic carbocycles. The summed E-state index contributed by atoms with van der Waals surface area (Å²) in [5.41, 5.74) is 2.36. The predicted octanol–water partition coefficient (Wildman–Crippen LogP) is 2.09. The SMILES string of the molecule is CN(Cc1ccnn1-c1ccccc1)C1CCNC1.Cl. The lowest BCUT2D eigenvalue weighted by Crippen LogP contribution is -2.33. The number of nitrogens with one attached hydrogen (secondary N) is 1. The van der Waals surface area contributed by atoms with Gasteiger partial charge in [0.1, 0.15) is 0 Å². The Kier molecular flexibility index (Phi) is 5.17. The van der Waals surface area contributed by atoms with E-state index in [0.717, 1.165) is 25.3 Å². The lowest BCUT2D eigenvalue weighted by molar-refractivity contribution is 0.244. The maximum absolute atomic E-state index is 4.44. The zero-order valence-corrected chi connectivity index (χ0v) is 12.5. The van der Waals surface area contributed by atoms with Crippen molar-refractivity contribution >= 4 is 12.4 Å². The maximum Gasteiger partial charge on any atom is 0.0649 e. The van der Waals surface area contributed by atoms with Crippen molar-refractivity contribution in [3.8, 4) is 5.69 Å². The summed E-state index contributed by atoms with van der Waals surface area (Å²) in [6, 6.07) is 13.0. The molecule has 0 radical (unpaired) electrons.